The second kappa shape index (κ2) is 6.79. The molecule has 94 valence electrons. The van der Waals surface area contributed by atoms with Crippen molar-refractivity contribution >= 4 is 34.9 Å². The van der Waals surface area contributed by atoms with Crippen molar-refractivity contribution in [2.75, 3.05) is 6.61 Å². The lowest BCUT2D eigenvalue weighted by Crippen LogP contribution is -2.40. The van der Waals surface area contributed by atoms with E-state index in [1.165, 1.54) is 17.4 Å². The first-order valence-electron chi connectivity index (χ1n) is 5.37. The van der Waals surface area contributed by atoms with Crippen LogP contribution >= 0.6 is 22.9 Å². The number of nitrogens with one attached hydrogen (secondary N) is 1. The van der Waals surface area contributed by atoms with Gasteiger partial charge in [-0.1, -0.05) is 25.4 Å². The molecule has 0 radical (unpaired) electrons. The van der Waals surface area contributed by atoms with Crippen molar-refractivity contribution in [1.29, 1.82) is 0 Å². The van der Waals surface area contributed by atoms with Crippen LogP contribution in [0.4, 0.5) is 0 Å². The van der Waals surface area contributed by atoms with Crippen molar-refractivity contribution in [3.63, 3.8) is 0 Å². The van der Waals surface area contributed by atoms with Crippen LogP contribution in [0.15, 0.2) is 18.2 Å². The lowest BCUT2D eigenvalue weighted by molar-refractivity contribution is -0.117. The third kappa shape index (κ3) is 4.89. The maximum Gasteiger partial charge on any atom is 0.244 e. The highest BCUT2D eigenvalue weighted by Crippen LogP contribution is 2.22. The highest BCUT2D eigenvalue weighted by Gasteiger charge is 2.13. The summed E-state index contributed by atoms with van der Waals surface area (Å²) in [6.07, 6.45) is 3.16. The van der Waals surface area contributed by atoms with Crippen LogP contribution < -0.4 is 5.32 Å². The molecule has 0 aromatic carbocycles. The molecule has 0 aliphatic rings. The minimum Gasteiger partial charge on any atom is -0.394 e. The molecular formula is C12H16ClNO2S. The normalized spacial score (nSPS) is 13.2. The van der Waals surface area contributed by atoms with E-state index in [1.54, 1.807) is 12.1 Å². The zero-order valence-electron chi connectivity index (χ0n) is 9.81. The number of aliphatic hydroxyl groups excluding tert-OH is 1. The van der Waals surface area contributed by atoms with Gasteiger partial charge in [0.05, 0.1) is 17.0 Å². The molecule has 2 N–H and O–H groups in total. The van der Waals surface area contributed by atoms with Gasteiger partial charge in [-0.05, 0) is 24.1 Å². The summed E-state index contributed by atoms with van der Waals surface area (Å²) >= 11 is 7.18. The Morgan fingerprint density at radius 2 is 2.29 bits per heavy atom. The number of carbonyl (C=O) groups excluding carboxylic acids is 1. The first-order chi connectivity index (χ1) is 8.02. The monoisotopic (exact) mass is 273 g/mol. The second-order valence-electron chi connectivity index (χ2n) is 4.02. The first kappa shape index (κ1) is 14.2. The highest BCUT2D eigenvalue weighted by molar-refractivity contribution is 7.17. The topological polar surface area (TPSA) is 49.3 Å². The Labute approximate surface area is 110 Å². The Bertz CT molecular complexity index is 401. The van der Waals surface area contributed by atoms with Crippen molar-refractivity contribution in [3.8, 4) is 0 Å². The number of aliphatic hydroxyl groups is 1. The van der Waals surface area contributed by atoms with Gasteiger partial charge in [-0.15, -0.1) is 11.3 Å². The molecule has 1 rings (SSSR count). The highest BCUT2D eigenvalue weighted by atomic mass is 35.5. The zero-order chi connectivity index (χ0) is 12.8. The predicted molar refractivity (Wildman–Crippen MR) is 72.2 cm³/mol. The smallest absolute Gasteiger partial charge is 0.244 e. The third-order valence-electron chi connectivity index (χ3n) is 2.32. The summed E-state index contributed by atoms with van der Waals surface area (Å²) < 4.78 is 0.695. The number of thiophene rings is 1. The summed E-state index contributed by atoms with van der Waals surface area (Å²) in [4.78, 5) is 12.5. The quantitative estimate of drug-likeness (QED) is 0.810. The summed E-state index contributed by atoms with van der Waals surface area (Å²) in [6.45, 7) is 3.84. The van der Waals surface area contributed by atoms with Crippen LogP contribution in [0.25, 0.3) is 6.08 Å². The van der Waals surface area contributed by atoms with Crippen LogP contribution in [-0.4, -0.2) is 23.7 Å². The van der Waals surface area contributed by atoms with Crippen LogP contribution in [0.2, 0.25) is 4.34 Å². The lowest BCUT2D eigenvalue weighted by atomic mass is 10.1. The van der Waals surface area contributed by atoms with E-state index < -0.39 is 0 Å². The predicted octanol–water partition coefficient (Wildman–Crippen LogP) is 2.55. The number of hydrogen-bond acceptors (Lipinski definition) is 3. The fourth-order valence-corrected chi connectivity index (χ4v) is 2.19. The Kier molecular flexibility index (Phi) is 5.68. The molecule has 17 heavy (non-hydrogen) atoms. The summed E-state index contributed by atoms with van der Waals surface area (Å²) in [5, 5.41) is 11.8. The molecule has 0 saturated heterocycles. The van der Waals surface area contributed by atoms with Gasteiger partial charge < -0.3 is 10.4 Å². The number of hydrogen-bond donors (Lipinski definition) is 2. The van der Waals surface area contributed by atoms with Gasteiger partial charge in [-0.3, -0.25) is 4.79 Å². The Hall–Kier alpha value is -0.840. The van der Waals surface area contributed by atoms with Gasteiger partial charge in [0, 0.05) is 11.0 Å². The molecule has 3 nitrogen and oxygen atoms in total. The number of amides is 1. The minimum atomic E-state index is -0.209. The molecule has 0 aliphatic heterocycles. The van der Waals surface area contributed by atoms with E-state index in [4.69, 9.17) is 16.7 Å². The second-order valence-corrected chi connectivity index (χ2v) is 5.76. The maximum atomic E-state index is 11.6. The molecule has 1 heterocycles. The standard InChI is InChI=1S/C12H16ClNO2S/c1-8(2)10(7-15)14-12(16)6-4-9-3-5-11(13)17-9/h3-6,8,10,15H,7H2,1-2H3,(H,14,16)/b6-4+. The number of halogens is 1. The first-order valence-corrected chi connectivity index (χ1v) is 6.57. The van der Waals surface area contributed by atoms with E-state index in [2.05, 4.69) is 5.32 Å². The van der Waals surface area contributed by atoms with E-state index in [9.17, 15) is 4.79 Å². The van der Waals surface area contributed by atoms with Crippen LogP contribution in [-0.2, 0) is 4.79 Å². The molecule has 0 aliphatic carbocycles. The largest absolute Gasteiger partial charge is 0.394 e. The van der Waals surface area contributed by atoms with Crippen molar-refractivity contribution < 1.29 is 9.90 Å². The fraction of sp³-hybridized carbons (Fsp3) is 0.417. The van der Waals surface area contributed by atoms with Gasteiger partial charge in [0.15, 0.2) is 0 Å². The van der Waals surface area contributed by atoms with Gasteiger partial charge in [-0.25, -0.2) is 0 Å². The van der Waals surface area contributed by atoms with E-state index >= 15 is 0 Å². The Morgan fingerprint density at radius 3 is 2.76 bits per heavy atom. The number of carbonyl (C=O) groups is 1. The minimum absolute atomic E-state index is 0.0535. The SMILES string of the molecule is CC(C)C(CO)NC(=O)/C=C/c1ccc(Cl)s1. The molecule has 5 heteroatoms. The van der Waals surface area contributed by atoms with Crippen LogP contribution in [0.1, 0.15) is 18.7 Å². The van der Waals surface area contributed by atoms with Gasteiger partial charge in [0.25, 0.3) is 0 Å². The summed E-state index contributed by atoms with van der Waals surface area (Å²) in [6, 6.07) is 3.43. The Balaban J connectivity index is 2.52. The summed E-state index contributed by atoms with van der Waals surface area (Å²) in [5.74, 6) is -0.00388. The van der Waals surface area contributed by atoms with Gasteiger partial charge in [-0.2, -0.15) is 0 Å². The molecule has 1 unspecified atom stereocenters. The zero-order valence-corrected chi connectivity index (χ0v) is 11.4. The average Bonchev–Trinajstić information content (AvgIpc) is 2.68. The number of rotatable bonds is 5. The van der Waals surface area contributed by atoms with Gasteiger partial charge in [0.1, 0.15) is 0 Å². The molecule has 1 amide bonds. The van der Waals surface area contributed by atoms with Crippen molar-refractivity contribution in [1.82, 2.24) is 5.32 Å². The Morgan fingerprint density at radius 1 is 1.59 bits per heavy atom. The molecule has 0 spiro atoms. The maximum absolute atomic E-state index is 11.6. The lowest BCUT2D eigenvalue weighted by Gasteiger charge is -2.18. The van der Waals surface area contributed by atoms with Crippen LogP contribution in [0.5, 0.6) is 0 Å². The molecular weight excluding hydrogens is 258 g/mol. The third-order valence-corrected chi connectivity index (χ3v) is 3.52. The van der Waals surface area contributed by atoms with Crippen LogP contribution in [0.3, 0.4) is 0 Å². The molecule has 1 aromatic rings. The van der Waals surface area contributed by atoms with Gasteiger partial charge >= 0.3 is 0 Å². The van der Waals surface area contributed by atoms with Crippen molar-refractivity contribution in [2.45, 2.75) is 19.9 Å². The molecule has 0 bridgehead atoms. The van der Waals surface area contributed by atoms with Gasteiger partial charge in [0.2, 0.25) is 5.91 Å². The molecule has 0 fully saturated rings. The fourth-order valence-electron chi connectivity index (χ4n) is 1.23. The molecule has 1 atom stereocenters. The molecule has 1 aromatic heterocycles. The van der Waals surface area contributed by atoms with E-state index in [0.29, 0.717) is 4.34 Å². The van der Waals surface area contributed by atoms with Crippen molar-refractivity contribution in [3.05, 3.63) is 27.4 Å². The van der Waals surface area contributed by atoms with E-state index in [1.807, 2.05) is 19.9 Å². The summed E-state index contributed by atoms with van der Waals surface area (Å²) in [7, 11) is 0. The van der Waals surface area contributed by atoms with E-state index in [-0.39, 0.29) is 24.5 Å². The summed E-state index contributed by atoms with van der Waals surface area (Å²) in [5.41, 5.74) is 0. The van der Waals surface area contributed by atoms with E-state index in [0.717, 1.165) is 4.88 Å². The average molecular weight is 274 g/mol. The van der Waals surface area contributed by atoms with Crippen LogP contribution in [0, 0.1) is 5.92 Å². The molecule has 0 saturated carbocycles. The van der Waals surface area contributed by atoms with Crippen molar-refractivity contribution in [2.24, 2.45) is 5.92 Å².